The first-order valence-electron chi connectivity index (χ1n) is 25.9. The Bertz CT molecular complexity index is 3900. The first kappa shape index (κ1) is 43.5. The highest BCUT2D eigenvalue weighted by Crippen LogP contribution is 2.62. The lowest BCUT2D eigenvalue weighted by molar-refractivity contribution is 0.195. The van der Waals surface area contributed by atoms with Gasteiger partial charge in [-0.2, -0.15) is 0 Å². The van der Waals surface area contributed by atoms with E-state index in [0.717, 1.165) is 6.42 Å². The van der Waals surface area contributed by atoms with E-state index in [0.29, 0.717) is 0 Å². The van der Waals surface area contributed by atoms with E-state index < -0.39 is 0 Å². The van der Waals surface area contributed by atoms with Crippen molar-refractivity contribution in [1.82, 2.24) is 0 Å². The summed E-state index contributed by atoms with van der Waals surface area (Å²) in [4.78, 5) is 8.13. The Morgan fingerprint density at radius 3 is 1.65 bits per heavy atom. The molecule has 71 heavy (non-hydrogen) atoms. The lowest BCUT2D eigenvalue weighted by Crippen LogP contribution is -2.61. The summed E-state index contributed by atoms with van der Waals surface area (Å²) < 4.78 is 5.28. The van der Waals surface area contributed by atoms with Gasteiger partial charge in [-0.25, -0.2) is 0 Å². The maximum atomic E-state index is 2.80. The van der Waals surface area contributed by atoms with Crippen molar-refractivity contribution in [3.8, 4) is 0 Å². The zero-order valence-electron chi connectivity index (χ0n) is 42.5. The number of hydrogen-bond donors (Lipinski definition) is 0. The fourth-order valence-corrected chi connectivity index (χ4v) is 16.0. The summed E-state index contributed by atoms with van der Waals surface area (Å²) >= 11 is 3.81. The molecule has 0 saturated heterocycles. The molecule has 6 heteroatoms. The average molecular weight is 958 g/mol. The Labute approximate surface area is 427 Å². The average Bonchev–Trinajstić information content (AvgIpc) is 3.99. The van der Waals surface area contributed by atoms with Crippen LogP contribution in [0.1, 0.15) is 103 Å². The molecule has 2 unspecified atom stereocenters. The summed E-state index contributed by atoms with van der Waals surface area (Å²) in [6.45, 7) is 21.7. The fourth-order valence-electron chi connectivity index (χ4n) is 13.7. The Morgan fingerprint density at radius 2 is 1.03 bits per heavy atom. The molecular weight excluding hydrogens is 898 g/mol. The van der Waals surface area contributed by atoms with Crippen molar-refractivity contribution in [1.29, 1.82) is 0 Å². The number of aryl methyl sites for hydroxylation is 1. The second kappa shape index (κ2) is 14.9. The van der Waals surface area contributed by atoms with Crippen molar-refractivity contribution < 1.29 is 0 Å². The smallest absolute Gasteiger partial charge is 0.252 e. The molecule has 8 aromatic carbocycles. The lowest BCUT2D eigenvalue weighted by atomic mass is 9.33. The zero-order valence-corrected chi connectivity index (χ0v) is 44.1. The zero-order chi connectivity index (χ0) is 48.5. The van der Waals surface area contributed by atoms with Crippen LogP contribution >= 0.6 is 22.7 Å². The molecule has 0 spiro atoms. The summed E-state index contributed by atoms with van der Waals surface area (Å²) in [6, 6.07) is 59.5. The first-order chi connectivity index (χ1) is 34.1. The molecule has 350 valence electrons. The second-order valence-corrected chi connectivity index (χ2v) is 25.9. The van der Waals surface area contributed by atoms with Crippen LogP contribution < -0.4 is 31.1 Å². The Morgan fingerprint density at radius 1 is 0.479 bits per heavy atom. The van der Waals surface area contributed by atoms with Crippen molar-refractivity contribution in [3.05, 3.63) is 174 Å². The van der Waals surface area contributed by atoms with E-state index in [1.54, 1.807) is 0 Å². The van der Waals surface area contributed by atoms with Crippen molar-refractivity contribution >= 4 is 132 Å². The largest absolute Gasteiger partial charge is 0.334 e. The van der Waals surface area contributed by atoms with Gasteiger partial charge < -0.3 is 14.7 Å². The molecule has 4 aliphatic rings. The maximum absolute atomic E-state index is 2.80. The number of fused-ring (bicyclic) bond motifs is 13. The molecule has 0 N–H and O–H groups in total. The molecule has 2 atom stereocenters. The molecule has 1 aliphatic carbocycles. The topological polar surface area (TPSA) is 9.72 Å². The monoisotopic (exact) mass is 957 g/mol. The molecule has 0 radical (unpaired) electrons. The highest BCUT2D eigenvalue weighted by Gasteiger charge is 2.58. The van der Waals surface area contributed by atoms with Crippen LogP contribution in [0.5, 0.6) is 0 Å². The van der Waals surface area contributed by atoms with E-state index in [1.807, 2.05) is 22.7 Å². The minimum absolute atomic E-state index is 0.00188. The minimum Gasteiger partial charge on any atom is -0.334 e. The number of rotatable bonds is 3. The normalized spacial score (nSPS) is 19.4. The van der Waals surface area contributed by atoms with E-state index in [2.05, 4.69) is 229 Å². The van der Waals surface area contributed by atoms with Crippen LogP contribution in [0.2, 0.25) is 0 Å². The van der Waals surface area contributed by atoms with Gasteiger partial charge in [-0.15, -0.1) is 22.7 Å². The van der Waals surface area contributed by atoms with Crippen LogP contribution in [0.25, 0.3) is 40.3 Å². The van der Waals surface area contributed by atoms with Crippen molar-refractivity contribution in [2.75, 3.05) is 14.7 Å². The number of hydrogen-bond acceptors (Lipinski definition) is 5. The number of benzene rings is 8. The van der Waals surface area contributed by atoms with E-state index in [1.165, 1.54) is 144 Å². The minimum atomic E-state index is -0.0878. The van der Waals surface area contributed by atoms with Gasteiger partial charge in [0.25, 0.3) is 6.71 Å². The SMILES string of the molecule is Cc1cc2c3c(c1)N(c1cccc4sc5ccccc5c14)c1cc(N4c5ccc(C(C)(C)C)cc5C5(C)CCCCC45C)ccc1B3c1cc(C(C)(C)C)ccc1N2c1cccc2sc3ccccc3c12. The van der Waals surface area contributed by atoms with Gasteiger partial charge in [0.2, 0.25) is 0 Å². The Balaban J connectivity index is 1.09. The highest BCUT2D eigenvalue weighted by molar-refractivity contribution is 7.26. The third kappa shape index (κ3) is 6.01. The Kier molecular flexibility index (Phi) is 9.10. The van der Waals surface area contributed by atoms with Crippen LogP contribution in [0.15, 0.2) is 152 Å². The molecule has 14 rings (SSSR count). The molecular formula is C65H60BN3S2. The number of nitrogens with zero attached hydrogens (tertiary/aromatic N) is 3. The van der Waals surface area contributed by atoms with Crippen molar-refractivity contribution in [2.45, 2.75) is 110 Å². The van der Waals surface area contributed by atoms with Crippen molar-refractivity contribution in [3.63, 3.8) is 0 Å². The van der Waals surface area contributed by atoms with Gasteiger partial charge in [-0.3, -0.25) is 0 Å². The van der Waals surface area contributed by atoms with Gasteiger partial charge in [-0.05, 0) is 149 Å². The van der Waals surface area contributed by atoms with E-state index in [9.17, 15) is 0 Å². The molecule has 2 aromatic heterocycles. The van der Waals surface area contributed by atoms with Crippen LogP contribution in [0, 0.1) is 6.92 Å². The van der Waals surface area contributed by atoms with Crippen LogP contribution in [0.3, 0.4) is 0 Å². The van der Waals surface area contributed by atoms with E-state index in [4.69, 9.17) is 0 Å². The van der Waals surface area contributed by atoms with Gasteiger partial charge in [0.1, 0.15) is 0 Å². The maximum Gasteiger partial charge on any atom is 0.252 e. The van der Waals surface area contributed by atoms with E-state index in [-0.39, 0.29) is 28.5 Å². The van der Waals surface area contributed by atoms with E-state index >= 15 is 0 Å². The van der Waals surface area contributed by atoms with Crippen LogP contribution in [0.4, 0.5) is 45.5 Å². The Hall–Kier alpha value is -6.34. The molecule has 1 saturated carbocycles. The van der Waals surface area contributed by atoms with Gasteiger partial charge in [-0.1, -0.05) is 140 Å². The summed E-state index contributed by atoms with van der Waals surface area (Å²) in [5.41, 5.74) is 19.8. The van der Waals surface area contributed by atoms with Gasteiger partial charge in [0, 0.05) is 79.9 Å². The van der Waals surface area contributed by atoms with Gasteiger partial charge in [0.15, 0.2) is 0 Å². The second-order valence-electron chi connectivity index (χ2n) is 23.7. The molecule has 3 nitrogen and oxygen atoms in total. The number of anilines is 8. The predicted octanol–water partition coefficient (Wildman–Crippen LogP) is 17.2. The van der Waals surface area contributed by atoms with Crippen LogP contribution in [-0.2, 0) is 16.2 Å². The predicted molar refractivity (Wildman–Crippen MR) is 311 cm³/mol. The molecule has 0 bridgehead atoms. The summed E-state index contributed by atoms with van der Waals surface area (Å²) in [7, 11) is 0. The van der Waals surface area contributed by atoms with Gasteiger partial charge >= 0.3 is 0 Å². The molecule has 1 fully saturated rings. The quantitative estimate of drug-likeness (QED) is 0.163. The molecule has 0 amide bonds. The lowest BCUT2D eigenvalue weighted by Gasteiger charge is -2.50. The van der Waals surface area contributed by atoms with Gasteiger partial charge in [0.05, 0.1) is 16.9 Å². The molecule has 10 aromatic rings. The fraction of sp³-hybridized carbons (Fsp3) is 0.262. The number of thiophene rings is 2. The molecule has 5 heterocycles. The highest BCUT2D eigenvalue weighted by atomic mass is 32.1. The summed E-state index contributed by atoms with van der Waals surface area (Å²) in [5.74, 6) is 0. The summed E-state index contributed by atoms with van der Waals surface area (Å²) in [5, 5.41) is 5.28. The van der Waals surface area contributed by atoms with Crippen LogP contribution in [-0.4, -0.2) is 12.3 Å². The first-order valence-corrected chi connectivity index (χ1v) is 27.5. The standard InChI is InChI=1S/C65H60BN3S2/c1-39-34-53-61-54(35-39)68(51-21-17-25-58-60(51)44-19-11-13-23-56(44)71-58)52-38-42(69-48-30-26-40(62(2,3)4)36-45(48)64(8)32-14-15-33-65(64,69)9)28-29-46(52)66(61)47-37-41(63(5,6)7)27-31-49(47)67(53)50-20-16-24-57-59(50)43-18-10-12-22-55(43)70-57/h10-13,16-31,34-38H,14-15,32-33H2,1-9H3. The molecule has 3 aliphatic heterocycles. The third-order valence-corrected chi connectivity index (χ3v) is 19.8. The summed E-state index contributed by atoms with van der Waals surface area (Å²) in [6.07, 6.45) is 4.85. The third-order valence-electron chi connectivity index (χ3n) is 17.5. The van der Waals surface area contributed by atoms with Crippen molar-refractivity contribution in [2.24, 2.45) is 0 Å².